The lowest BCUT2D eigenvalue weighted by molar-refractivity contribution is -0.112. The van der Waals surface area contributed by atoms with E-state index in [-0.39, 0.29) is 18.9 Å². The van der Waals surface area contributed by atoms with Crippen LogP contribution in [0.25, 0.3) is 0 Å². The molecule has 7 atom stereocenters. The van der Waals surface area contributed by atoms with Crippen molar-refractivity contribution in [3.63, 3.8) is 0 Å². The van der Waals surface area contributed by atoms with Crippen molar-refractivity contribution >= 4 is 0 Å². The molecule has 0 amide bonds. The third-order valence-electron chi connectivity index (χ3n) is 7.67. The normalized spacial score (nSPS) is 41.0. The highest BCUT2D eigenvalue weighted by Gasteiger charge is 2.59. The summed E-state index contributed by atoms with van der Waals surface area (Å²) in [4.78, 5) is 0. The van der Waals surface area contributed by atoms with Crippen molar-refractivity contribution in [2.45, 2.75) is 87.2 Å². The fourth-order valence-corrected chi connectivity index (χ4v) is 6.27. The molecule has 3 saturated carbocycles. The van der Waals surface area contributed by atoms with Gasteiger partial charge in [-0.15, -0.1) is 0 Å². The Hall–Kier alpha value is -0.640. The SMILES string of the molecule is C.C=C1CCC2C(C(O)CC3(C)C(C)CCC23)C1(C)/C=C\C.CC.CN.CO. The molecule has 3 heteroatoms. The summed E-state index contributed by atoms with van der Waals surface area (Å²) in [7, 11) is 2.50. The molecule has 0 saturated heterocycles. The van der Waals surface area contributed by atoms with Crippen LogP contribution < -0.4 is 5.73 Å². The zero-order chi connectivity index (χ0) is 21.4. The first kappa shape index (κ1) is 29.6. The van der Waals surface area contributed by atoms with E-state index in [0.29, 0.717) is 17.3 Å². The van der Waals surface area contributed by atoms with Crippen LogP contribution >= 0.6 is 0 Å². The molecule has 3 fully saturated rings. The molecule has 0 aromatic rings. The first-order valence-electron chi connectivity index (χ1n) is 10.9. The Kier molecular flexibility index (Phi) is 13.5. The molecule has 0 radical (unpaired) electrons. The largest absolute Gasteiger partial charge is 0.400 e. The summed E-state index contributed by atoms with van der Waals surface area (Å²) < 4.78 is 0. The summed E-state index contributed by atoms with van der Waals surface area (Å²) in [6, 6.07) is 0. The molecular formula is C25H51NO2. The molecule has 0 aliphatic heterocycles. The second-order valence-electron chi connectivity index (χ2n) is 8.48. The van der Waals surface area contributed by atoms with Gasteiger partial charge in [0.2, 0.25) is 0 Å². The maximum Gasteiger partial charge on any atom is 0.0587 e. The number of hydrogen-bond acceptors (Lipinski definition) is 3. The summed E-state index contributed by atoms with van der Waals surface area (Å²) >= 11 is 0. The quantitative estimate of drug-likeness (QED) is 0.489. The molecule has 7 unspecified atom stereocenters. The second kappa shape index (κ2) is 12.8. The predicted octanol–water partition coefficient (Wildman–Crippen LogP) is 5.81. The van der Waals surface area contributed by atoms with Crippen LogP contribution in [0.15, 0.2) is 24.3 Å². The number of allylic oxidation sites excluding steroid dienone is 3. The van der Waals surface area contributed by atoms with E-state index in [1.165, 1.54) is 31.9 Å². The van der Waals surface area contributed by atoms with E-state index >= 15 is 0 Å². The van der Waals surface area contributed by atoms with Gasteiger partial charge in [-0.1, -0.05) is 66.3 Å². The summed E-state index contributed by atoms with van der Waals surface area (Å²) in [6.45, 7) is 17.6. The maximum absolute atomic E-state index is 11.0. The molecule has 3 rings (SSSR count). The molecule has 3 aliphatic rings. The second-order valence-corrected chi connectivity index (χ2v) is 8.48. The van der Waals surface area contributed by atoms with Crippen LogP contribution in [-0.2, 0) is 0 Å². The minimum atomic E-state index is -0.171. The highest BCUT2D eigenvalue weighted by Crippen LogP contribution is 2.65. The van der Waals surface area contributed by atoms with Crippen LogP contribution in [-0.4, -0.2) is 30.5 Å². The average Bonchev–Trinajstić information content (AvgIpc) is 2.98. The van der Waals surface area contributed by atoms with E-state index in [2.05, 4.69) is 52.2 Å². The van der Waals surface area contributed by atoms with Gasteiger partial charge in [0.15, 0.2) is 0 Å². The van der Waals surface area contributed by atoms with Gasteiger partial charge in [0.1, 0.15) is 0 Å². The van der Waals surface area contributed by atoms with E-state index < -0.39 is 0 Å². The number of fused-ring (bicyclic) bond motifs is 3. The molecule has 3 nitrogen and oxygen atoms in total. The molecule has 0 bridgehead atoms. The lowest BCUT2D eigenvalue weighted by atomic mass is 9.47. The topological polar surface area (TPSA) is 66.5 Å². The third kappa shape index (κ3) is 5.09. The number of rotatable bonds is 1. The Labute approximate surface area is 176 Å². The van der Waals surface area contributed by atoms with Crippen molar-refractivity contribution in [1.29, 1.82) is 0 Å². The highest BCUT2D eigenvalue weighted by molar-refractivity contribution is 5.26. The molecule has 0 spiro atoms. The van der Waals surface area contributed by atoms with Crippen LogP contribution in [0.3, 0.4) is 0 Å². The molecule has 28 heavy (non-hydrogen) atoms. The minimum Gasteiger partial charge on any atom is -0.400 e. The van der Waals surface area contributed by atoms with Crippen LogP contribution in [0.5, 0.6) is 0 Å². The van der Waals surface area contributed by atoms with Crippen molar-refractivity contribution in [3.8, 4) is 0 Å². The van der Waals surface area contributed by atoms with E-state index in [4.69, 9.17) is 5.11 Å². The van der Waals surface area contributed by atoms with Crippen molar-refractivity contribution in [1.82, 2.24) is 0 Å². The summed E-state index contributed by atoms with van der Waals surface area (Å²) in [5.74, 6) is 2.61. The lowest BCUT2D eigenvalue weighted by Crippen LogP contribution is -2.55. The van der Waals surface area contributed by atoms with E-state index in [1.54, 1.807) is 0 Å². The van der Waals surface area contributed by atoms with E-state index in [1.807, 2.05) is 13.8 Å². The van der Waals surface area contributed by atoms with Gasteiger partial charge in [-0.3, -0.25) is 0 Å². The molecule has 0 aromatic heterocycles. The Balaban J connectivity index is 0. The third-order valence-corrected chi connectivity index (χ3v) is 7.67. The van der Waals surface area contributed by atoms with Crippen LogP contribution in [0.1, 0.15) is 81.1 Å². The summed E-state index contributed by atoms with van der Waals surface area (Å²) in [5, 5.41) is 18.0. The van der Waals surface area contributed by atoms with Gasteiger partial charge >= 0.3 is 0 Å². The number of aliphatic hydroxyl groups excluding tert-OH is 2. The molecular weight excluding hydrogens is 346 g/mol. The fraction of sp³-hybridized carbons (Fsp3) is 0.840. The van der Waals surface area contributed by atoms with Gasteiger partial charge in [-0.05, 0) is 69.2 Å². The van der Waals surface area contributed by atoms with Crippen molar-refractivity contribution in [2.75, 3.05) is 14.2 Å². The monoisotopic (exact) mass is 397 g/mol. The first-order chi connectivity index (χ1) is 12.8. The van der Waals surface area contributed by atoms with Crippen molar-refractivity contribution in [3.05, 3.63) is 24.3 Å². The molecule has 0 aromatic carbocycles. The Morgan fingerprint density at radius 1 is 1.11 bits per heavy atom. The van der Waals surface area contributed by atoms with E-state index in [0.717, 1.165) is 31.8 Å². The van der Waals surface area contributed by atoms with Gasteiger partial charge < -0.3 is 15.9 Å². The Bertz CT molecular complexity index is 475. The summed E-state index contributed by atoms with van der Waals surface area (Å²) in [5.41, 5.74) is 6.18. The molecule has 168 valence electrons. The number of aliphatic hydroxyl groups is 2. The first-order valence-corrected chi connectivity index (χ1v) is 10.9. The van der Waals surface area contributed by atoms with Crippen LogP contribution in [0, 0.1) is 34.5 Å². The minimum absolute atomic E-state index is 0. The smallest absolute Gasteiger partial charge is 0.0587 e. The molecule has 0 heterocycles. The number of hydrogen-bond donors (Lipinski definition) is 3. The van der Waals surface area contributed by atoms with Gasteiger partial charge in [-0.2, -0.15) is 0 Å². The molecule has 3 aliphatic carbocycles. The number of nitrogens with two attached hydrogens (primary N) is 1. The average molecular weight is 398 g/mol. The highest BCUT2D eigenvalue weighted by atomic mass is 16.3. The van der Waals surface area contributed by atoms with Crippen LogP contribution in [0.4, 0.5) is 0 Å². The lowest BCUT2D eigenvalue weighted by Gasteiger charge is -2.58. The zero-order valence-corrected chi connectivity index (χ0v) is 19.3. The fourth-order valence-electron chi connectivity index (χ4n) is 6.27. The Morgan fingerprint density at radius 2 is 1.64 bits per heavy atom. The standard InChI is InChI=1S/C20H32O.C2H6.CH5N.CH4O.CH4/c1-6-11-19(4)13(2)7-9-15-16-10-8-14(3)20(16,5)12-17(21)18(15)19;3*1-2;/h6,11,14-18,21H,2,7-10,12H2,1,3-5H3;1-2H3;2H2,1H3;2H,1H3;1H4/b11-6-;;;;. The van der Waals surface area contributed by atoms with E-state index in [9.17, 15) is 5.11 Å². The van der Waals surface area contributed by atoms with Crippen molar-refractivity contribution < 1.29 is 10.2 Å². The Morgan fingerprint density at radius 3 is 2.14 bits per heavy atom. The van der Waals surface area contributed by atoms with Crippen molar-refractivity contribution in [2.24, 2.45) is 40.2 Å². The summed E-state index contributed by atoms with van der Waals surface area (Å²) in [6.07, 6.45) is 10.4. The zero-order valence-electron chi connectivity index (χ0n) is 19.3. The predicted molar refractivity (Wildman–Crippen MR) is 125 cm³/mol. The van der Waals surface area contributed by atoms with Gasteiger partial charge in [0, 0.05) is 18.4 Å². The van der Waals surface area contributed by atoms with Crippen LogP contribution in [0.2, 0.25) is 0 Å². The van der Waals surface area contributed by atoms with Gasteiger partial charge in [0.05, 0.1) is 6.10 Å². The van der Waals surface area contributed by atoms with Gasteiger partial charge in [-0.25, -0.2) is 0 Å². The van der Waals surface area contributed by atoms with Gasteiger partial charge in [0.25, 0.3) is 0 Å². The molecule has 4 N–H and O–H groups in total. The maximum atomic E-state index is 11.0.